The van der Waals surface area contributed by atoms with Crippen molar-refractivity contribution in [2.75, 3.05) is 34.4 Å². The van der Waals surface area contributed by atoms with E-state index in [0.29, 0.717) is 45.7 Å². The Morgan fingerprint density at radius 1 is 1.00 bits per heavy atom. The molecule has 0 saturated carbocycles. The molecule has 2 aromatic carbocycles. The number of halogens is 2. The maximum absolute atomic E-state index is 12.9. The van der Waals surface area contributed by atoms with Gasteiger partial charge in [0.1, 0.15) is 0 Å². The number of carbonyl (C=O) groups excluding carboxylic acids is 1. The SMILES string of the molecule is COc1ccc(CNC(=O)C2CCN(S(=O)(=O)Cc3c(Cl)cccc3Cl)CC2)c(OC)c1OC. The van der Waals surface area contributed by atoms with Crippen LogP contribution in [0, 0.1) is 5.92 Å². The molecule has 0 bridgehead atoms. The van der Waals surface area contributed by atoms with E-state index in [1.54, 1.807) is 30.3 Å². The lowest BCUT2D eigenvalue weighted by Gasteiger charge is -2.30. The minimum atomic E-state index is -3.62. The third-order valence-electron chi connectivity index (χ3n) is 5.85. The van der Waals surface area contributed by atoms with Gasteiger partial charge in [0.25, 0.3) is 0 Å². The third-order valence-corrected chi connectivity index (χ3v) is 8.36. The summed E-state index contributed by atoms with van der Waals surface area (Å²) in [5.74, 6) is 0.766. The molecule has 3 rings (SSSR count). The Balaban J connectivity index is 1.59. The Kier molecular flexibility index (Phi) is 8.92. The van der Waals surface area contributed by atoms with Gasteiger partial charge < -0.3 is 19.5 Å². The van der Waals surface area contributed by atoms with Crippen LogP contribution in [0.4, 0.5) is 0 Å². The molecule has 1 aliphatic rings. The van der Waals surface area contributed by atoms with E-state index in [1.165, 1.54) is 25.6 Å². The Labute approximate surface area is 210 Å². The molecule has 0 radical (unpaired) electrons. The number of nitrogens with one attached hydrogen (secondary N) is 1. The summed E-state index contributed by atoms with van der Waals surface area (Å²) in [6.07, 6.45) is 0.842. The molecule has 8 nitrogen and oxygen atoms in total. The van der Waals surface area contributed by atoms with Crippen molar-refractivity contribution in [2.45, 2.75) is 25.1 Å². The van der Waals surface area contributed by atoms with Crippen LogP contribution in [-0.2, 0) is 27.1 Å². The summed E-state index contributed by atoms with van der Waals surface area (Å²) in [6.45, 7) is 0.746. The Hall–Kier alpha value is -2.20. The van der Waals surface area contributed by atoms with Crippen LogP contribution in [0.5, 0.6) is 17.2 Å². The number of hydrogen-bond acceptors (Lipinski definition) is 6. The summed E-state index contributed by atoms with van der Waals surface area (Å²) < 4.78 is 43.3. The first-order valence-corrected chi connectivity index (χ1v) is 13.0. The Morgan fingerprint density at radius 2 is 1.62 bits per heavy atom. The molecule has 11 heteroatoms. The highest BCUT2D eigenvalue weighted by Crippen LogP contribution is 2.39. The predicted octanol–water partition coefficient (Wildman–Crippen LogP) is 3.88. The van der Waals surface area contributed by atoms with Crippen molar-refractivity contribution in [2.24, 2.45) is 5.92 Å². The number of nitrogens with zero attached hydrogens (tertiary/aromatic N) is 1. The first-order valence-electron chi connectivity index (χ1n) is 10.7. The summed E-state index contributed by atoms with van der Waals surface area (Å²) in [5.41, 5.74) is 1.12. The molecule has 0 spiro atoms. The van der Waals surface area contributed by atoms with Crippen molar-refractivity contribution in [3.63, 3.8) is 0 Å². The number of carbonyl (C=O) groups is 1. The van der Waals surface area contributed by atoms with E-state index in [-0.39, 0.29) is 37.2 Å². The monoisotopic (exact) mass is 530 g/mol. The van der Waals surface area contributed by atoms with Crippen LogP contribution >= 0.6 is 23.2 Å². The van der Waals surface area contributed by atoms with Gasteiger partial charge in [-0.25, -0.2) is 12.7 Å². The highest BCUT2D eigenvalue weighted by atomic mass is 35.5. The molecule has 0 atom stereocenters. The lowest BCUT2D eigenvalue weighted by Crippen LogP contribution is -2.43. The molecule has 1 amide bonds. The van der Waals surface area contributed by atoms with E-state index in [4.69, 9.17) is 37.4 Å². The van der Waals surface area contributed by atoms with Gasteiger partial charge in [-0.15, -0.1) is 0 Å². The quantitative estimate of drug-likeness (QED) is 0.528. The van der Waals surface area contributed by atoms with E-state index >= 15 is 0 Å². The van der Waals surface area contributed by atoms with Crippen molar-refractivity contribution in [3.05, 3.63) is 51.5 Å². The van der Waals surface area contributed by atoms with Gasteiger partial charge in [-0.3, -0.25) is 4.79 Å². The molecule has 1 N–H and O–H groups in total. The molecule has 34 heavy (non-hydrogen) atoms. The van der Waals surface area contributed by atoms with Crippen molar-refractivity contribution in [1.82, 2.24) is 9.62 Å². The van der Waals surface area contributed by atoms with Crippen molar-refractivity contribution < 1.29 is 27.4 Å². The number of ether oxygens (including phenoxy) is 3. The summed E-state index contributed by atoms with van der Waals surface area (Å²) >= 11 is 12.3. The number of sulfonamides is 1. The van der Waals surface area contributed by atoms with Crippen LogP contribution in [0.25, 0.3) is 0 Å². The Bertz CT molecular complexity index is 1110. The van der Waals surface area contributed by atoms with Crippen molar-refractivity contribution >= 4 is 39.1 Å². The van der Waals surface area contributed by atoms with Crippen LogP contribution in [-0.4, -0.2) is 53.0 Å². The van der Waals surface area contributed by atoms with Gasteiger partial charge in [0.2, 0.25) is 21.7 Å². The molecule has 1 fully saturated rings. The second kappa shape index (κ2) is 11.5. The van der Waals surface area contributed by atoms with Crippen LogP contribution in [0.15, 0.2) is 30.3 Å². The zero-order chi connectivity index (χ0) is 24.9. The summed E-state index contributed by atoms with van der Waals surface area (Å²) in [6, 6.07) is 8.44. The van der Waals surface area contributed by atoms with Crippen molar-refractivity contribution in [3.8, 4) is 17.2 Å². The standard InChI is InChI=1S/C23H28Cl2N2O6S/c1-31-20-8-7-16(21(32-2)22(20)33-3)13-26-23(28)15-9-11-27(12-10-15)34(29,30)14-17-18(24)5-4-6-19(17)25/h4-8,15H,9-14H2,1-3H3,(H,26,28). The molecule has 1 aliphatic heterocycles. The lowest BCUT2D eigenvalue weighted by molar-refractivity contribution is -0.126. The smallest absolute Gasteiger partial charge is 0.223 e. The molecule has 1 saturated heterocycles. The zero-order valence-corrected chi connectivity index (χ0v) is 21.6. The molecule has 0 aromatic heterocycles. The maximum atomic E-state index is 12.9. The fourth-order valence-electron chi connectivity index (χ4n) is 3.97. The first kappa shape index (κ1) is 26.4. The third kappa shape index (κ3) is 5.89. The highest BCUT2D eigenvalue weighted by molar-refractivity contribution is 7.88. The largest absolute Gasteiger partial charge is 0.493 e. The van der Waals surface area contributed by atoms with E-state index in [9.17, 15) is 13.2 Å². The number of amides is 1. The second-order valence-electron chi connectivity index (χ2n) is 7.84. The summed E-state index contributed by atoms with van der Waals surface area (Å²) in [5, 5.41) is 3.55. The minimum Gasteiger partial charge on any atom is -0.493 e. The number of benzene rings is 2. The van der Waals surface area contributed by atoms with Gasteiger partial charge in [-0.05, 0) is 37.1 Å². The number of methoxy groups -OCH3 is 3. The zero-order valence-electron chi connectivity index (χ0n) is 19.3. The molecule has 186 valence electrons. The second-order valence-corrected chi connectivity index (χ2v) is 10.6. The highest BCUT2D eigenvalue weighted by Gasteiger charge is 2.32. The van der Waals surface area contributed by atoms with Gasteiger partial charge >= 0.3 is 0 Å². The van der Waals surface area contributed by atoms with Crippen LogP contribution in [0.3, 0.4) is 0 Å². The summed E-state index contributed by atoms with van der Waals surface area (Å²) in [4.78, 5) is 12.8. The summed E-state index contributed by atoms with van der Waals surface area (Å²) in [7, 11) is 0.958. The number of piperidine rings is 1. The Morgan fingerprint density at radius 3 is 2.18 bits per heavy atom. The van der Waals surface area contributed by atoms with E-state index in [1.807, 2.05) is 0 Å². The van der Waals surface area contributed by atoms with Gasteiger partial charge in [-0.2, -0.15) is 0 Å². The molecule has 2 aromatic rings. The van der Waals surface area contributed by atoms with E-state index < -0.39 is 10.0 Å². The van der Waals surface area contributed by atoms with Crippen LogP contribution < -0.4 is 19.5 Å². The maximum Gasteiger partial charge on any atom is 0.223 e. The van der Waals surface area contributed by atoms with E-state index in [2.05, 4.69) is 5.32 Å². The van der Waals surface area contributed by atoms with Crippen LogP contribution in [0.2, 0.25) is 10.0 Å². The fraction of sp³-hybridized carbons (Fsp3) is 0.435. The van der Waals surface area contributed by atoms with E-state index in [0.717, 1.165) is 5.56 Å². The molecule has 1 heterocycles. The minimum absolute atomic E-state index is 0.136. The average molecular weight is 531 g/mol. The fourth-order valence-corrected chi connectivity index (χ4v) is 6.28. The molecule has 0 aliphatic carbocycles. The predicted molar refractivity (Wildman–Crippen MR) is 131 cm³/mol. The first-order chi connectivity index (χ1) is 16.2. The normalized spacial score (nSPS) is 15.1. The van der Waals surface area contributed by atoms with Gasteiger partial charge in [-0.1, -0.05) is 29.3 Å². The van der Waals surface area contributed by atoms with Gasteiger partial charge in [0.15, 0.2) is 11.5 Å². The van der Waals surface area contributed by atoms with Gasteiger partial charge in [0, 0.05) is 46.7 Å². The molecular formula is C23H28Cl2N2O6S. The number of hydrogen-bond donors (Lipinski definition) is 1. The molecule has 0 unspecified atom stereocenters. The van der Waals surface area contributed by atoms with Crippen LogP contribution in [0.1, 0.15) is 24.0 Å². The molecular weight excluding hydrogens is 503 g/mol. The van der Waals surface area contributed by atoms with Gasteiger partial charge in [0.05, 0.1) is 27.1 Å². The lowest BCUT2D eigenvalue weighted by atomic mass is 9.97. The number of rotatable bonds is 9. The van der Waals surface area contributed by atoms with Crippen molar-refractivity contribution in [1.29, 1.82) is 0 Å². The average Bonchev–Trinajstić information content (AvgIpc) is 2.84. The topological polar surface area (TPSA) is 94.2 Å².